The molecule has 0 amide bonds. The third-order valence-corrected chi connectivity index (χ3v) is 2.01. The van der Waals surface area contributed by atoms with Crippen LogP contribution < -0.4 is 5.32 Å². The zero-order valence-corrected chi connectivity index (χ0v) is 8.79. The Morgan fingerprint density at radius 1 is 1.53 bits per heavy atom. The third-order valence-electron chi connectivity index (χ3n) is 2.01. The molecule has 0 aliphatic heterocycles. The van der Waals surface area contributed by atoms with Crippen molar-refractivity contribution in [1.29, 1.82) is 0 Å². The fourth-order valence-electron chi connectivity index (χ4n) is 1.25. The molecule has 0 saturated carbocycles. The molecule has 1 aromatic carbocycles. The van der Waals surface area contributed by atoms with Crippen molar-refractivity contribution in [3.63, 3.8) is 0 Å². The van der Waals surface area contributed by atoms with Gasteiger partial charge in [-0.05, 0) is 37.6 Å². The third kappa shape index (κ3) is 3.03. The molecule has 3 heteroatoms. The Labute approximate surface area is 89.1 Å². The molecule has 0 heterocycles. The summed E-state index contributed by atoms with van der Waals surface area (Å²) >= 11 is 0. The second-order valence-corrected chi connectivity index (χ2v) is 3.12. The first-order valence-corrected chi connectivity index (χ1v) is 4.62. The lowest BCUT2D eigenvalue weighted by Gasteiger charge is -2.05. The number of hydrogen-bond donors (Lipinski definition) is 2. The summed E-state index contributed by atoms with van der Waals surface area (Å²) < 4.78 is 0. The number of aryl methyl sites for hydroxylation is 1. The summed E-state index contributed by atoms with van der Waals surface area (Å²) in [4.78, 5) is 10.8. The first-order chi connectivity index (χ1) is 7.15. The molecule has 0 fully saturated rings. The first kappa shape index (κ1) is 11.1. The molecule has 0 aliphatic rings. The Kier molecular flexibility index (Phi) is 3.75. The maximum Gasteiger partial charge on any atom is 0.335 e. The predicted molar refractivity (Wildman–Crippen MR) is 60.1 cm³/mol. The van der Waals surface area contributed by atoms with E-state index in [1.165, 1.54) is 0 Å². The molecule has 0 radical (unpaired) electrons. The summed E-state index contributed by atoms with van der Waals surface area (Å²) in [6, 6.07) is 5.15. The van der Waals surface area contributed by atoms with Crippen LogP contribution in [0.5, 0.6) is 0 Å². The van der Waals surface area contributed by atoms with E-state index in [9.17, 15) is 4.79 Å². The Bertz CT molecular complexity index is 427. The van der Waals surface area contributed by atoms with Gasteiger partial charge < -0.3 is 10.4 Å². The molecule has 1 aromatic rings. The highest BCUT2D eigenvalue weighted by Crippen LogP contribution is 2.14. The second-order valence-electron chi connectivity index (χ2n) is 3.12. The Balaban J connectivity index is 2.80. The van der Waals surface area contributed by atoms with Crippen molar-refractivity contribution in [2.45, 2.75) is 13.8 Å². The van der Waals surface area contributed by atoms with Gasteiger partial charge in [-0.1, -0.05) is 5.92 Å². The molecule has 0 atom stereocenters. The molecular formula is C12H13NO2. The van der Waals surface area contributed by atoms with Crippen molar-refractivity contribution < 1.29 is 9.90 Å². The van der Waals surface area contributed by atoms with Crippen LogP contribution in [-0.2, 0) is 0 Å². The molecule has 2 N–H and O–H groups in total. The van der Waals surface area contributed by atoms with Crippen LogP contribution in [0.1, 0.15) is 22.8 Å². The zero-order chi connectivity index (χ0) is 11.3. The van der Waals surface area contributed by atoms with Crippen LogP contribution in [0.3, 0.4) is 0 Å². The molecular weight excluding hydrogens is 190 g/mol. The summed E-state index contributed by atoms with van der Waals surface area (Å²) in [7, 11) is 0. The summed E-state index contributed by atoms with van der Waals surface area (Å²) in [6.07, 6.45) is 0. The monoisotopic (exact) mass is 203 g/mol. The maximum absolute atomic E-state index is 10.8. The zero-order valence-electron chi connectivity index (χ0n) is 8.79. The SMILES string of the molecule is CC#CCNc1ccc(C(=O)O)c(C)c1. The summed E-state index contributed by atoms with van der Waals surface area (Å²) in [5.74, 6) is 4.76. The van der Waals surface area contributed by atoms with E-state index in [1.54, 1.807) is 32.0 Å². The average Bonchev–Trinajstić information content (AvgIpc) is 2.17. The van der Waals surface area contributed by atoms with Gasteiger partial charge in [-0.2, -0.15) is 0 Å². The second kappa shape index (κ2) is 5.06. The number of hydrogen-bond acceptors (Lipinski definition) is 2. The van der Waals surface area contributed by atoms with Crippen molar-refractivity contribution >= 4 is 11.7 Å². The molecule has 0 aromatic heterocycles. The van der Waals surface area contributed by atoms with Gasteiger partial charge in [0.05, 0.1) is 12.1 Å². The summed E-state index contributed by atoms with van der Waals surface area (Å²) in [5.41, 5.74) is 1.97. The van der Waals surface area contributed by atoms with Crippen LogP contribution in [0.15, 0.2) is 18.2 Å². The quantitative estimate of drug-likeness (QED) is 0.740. The lowest BCUT2D eigenvalue weighted by Crippen LogP contribution is -2.03. The molecule has 78 valence electrons. The molecule has 0 unspecified atom stereocenters. The van der Waals surface area contributed by atoms with Crippen LogP contribution in [0.4, 0.5) is 5.69 Å². The number of carboxylic acid groups (broad SMARTS) is 1. The van der Waals surface area contributed by atoms with Gasteiger partial charge in [0, 0.05) is 5.69 Å². The van der Waals surface area contributed by atoms with Crippen LogP contribution >= 0.6 is 0 Å². The fraction of sp³-hybridized carbons (Fsp3) is 0.250. The first-order valence-electron chi connectivity index (χ1n) is 4.62. The van der Waals surface area contributed by atoms with E-state index >= 15 is 0 Å². The molecule has 0 spiro atoms. The minimum atomic E-state index is -0.896. The molecule has 3 nitrogen and oxygen atoms in total. The van der Waals surface area contributed by atoms with E-state index in [4.69, 9.17) is 5.11 Å². The van der Waals surface area contributed by atoms with Gasteiger partial charge in [-0.3, -0.25) is 0 Å². The van der Waals surface area contributed by atoms with Crippen molar-refractivity contribution in [2.24, 2.45) is 0 Å². The van der Waals surface area contributed by atoms with E-state index in [2.05, 4.69) is 17.2 Å². The van der Waals surface area contributed by atoms with Crippen molar-refractivity contribution in [1.82, 2.24) is 0 Å². The van der Waals surface area contributed by atoms with E-state index in [1.807, 2.05) is 0 Å². The number of aromatic carboxylic acids is 1. The van der Waals surface area contributed by atoms with Gasteiger partial charge in [-0.25, -0.2) is 4.79 Å². The van der Waals surface area contributed by atoms with Crippen molar-refractivity contribution in [3.05, 3.63) is 29.3 Å². The normalized spacial score (nSPS) is 8.93. The van der Waals surface area contributed by atoms with Crippen LogP contribution in [0.2, 0.25) is 0 Å². The standard InChI is InChI=1S/C12H13NO2/c1-3-4-7-13-10-5-6-11(12(14)15)9(2)8-10/h5-6,8,13H,7H2,1-2H3,(H,14,15). The van der Waals surface area contributed by atoms with Gasteiger partial charge in [-0.15, -0.1) is 5.92 Å². The highest BCUT2D eigenvalue weighted by molar-refractivity contribution is 5.89. The van der Waals surface area contributed by atoms with Gasteiger partial charge in [0.1, 0.15) is 0 Å². The lowest BCUT2D eigenvalue weighted by molar-refractivity contribution is 0.0696. The van der Waals surface area contributed by atoms with E-state index in [0.29, 0.717) is 12.1 Å². The molecule has 0 saturated heterocycles. The Morgan fingerprint density at radius 2 is 2.27 bits per heavy atom. The predicted octanol–water partition coefficient (Wildman–Crippen LogP) is 2.13. The van der Waals surface area contributed by atoms with Crippen LogP contribution in [0.25, 0.3) is 0 Å². The summed E-state index contributed by atoms with van der Waals surface area (Å²) in [5, 5.41) is 11.9. The highest BCUT2D eigenvalue weighted by atomic mass is 16.4. The molecule has 0 aliphatic carbocycles. The number of carboxylic acids is 1. The van der Waals surface area contributed by atoms with E-state index in [-0.39, 0.29) is 0 Å². The van der Waals surface area contributed by atoms with Crippen LogP contribution in [-0.4, -0.2) is 17.6 Å². The van der Waals surface area contributed by atoms with Gasteiger partial charge in [0.15, 0.2) is 0 Å². The number of benzene rings is 1. The van der Waals surface area contributed by atoms with Crippen LogP contribution in [0, 0.1) is 18.8 Å². The van der Waals surface area contributed by atoms with Gasteiger partial charge in [0.2, 0.25) is 0 Å². The maximum atomic E-state index is 10.8. The van der Waals surface area contributed by atoms with Gasteiger partial charge >= 0.3 is 5.97 Å². The number of anilines is 1. The molecule has 15 heavy (non-hydrogen) atoms. The largest absolute Gasteiger partial charge is 0.478 e. The minimum absolute atomic E-state index is 0.335. The number of rotatable bonds is 3. The van der Waals surface area contributed by atoms with E-state index < -0.39 is 5.97 Å². The Morgan fingerprint density at radius 3 is 2.80 bits per heavy atom. The topological polar surface area (TPSA) is 49.3 Å². The minimum Gasteiger partial charge on any atom is -0.478 e. The van der Waals surface area contributed by atoms with Crippen molar-refractivity contribution in [3.8, 4) is 11.8 Å². The van der Waals surface area contributed by atoms with E-state index in [0.717, 1.165) is 11.3 Å². The lowest BCUT2D eigenvalue weighted by atomic mass is 10.1. The Hall–Kier alpha value is -1.95. The van der Waals surface area contributed by atoms with Gasteiger partial charge in [0.25, 0.3) is 0 Å². The highest BCUT2D eigenvalue weighted by Gasteiger charge is 2.06. The molecule has 0 bridgehead atoms. The fourth-order valence-corrected chi connectivity index (χ4v) is 1.25. The number of carbonyl (C=O) groups is 1. The number of nitrogens with one attached hydrogen (secondary N) is 1. The smallest absolute Gasteiger partial charge is 0.335 e. The summed E-state index contributed by atoms with van der Waals surface area (Å²) in [6.45, 7) is 4.13. The molecule has 1 rings (SSSR count). The average molecular weight is 203 g/mol. The van der Waals surface area contributed by atoms with Crippen molar-refractivity contribution in [2.75, 3.05) is 11.9 Å².